The topological polar surface area (TPSA) is 134 Å². The van der Waals surface area contributed by atoms with Gasteiger partial charge in [-0.25, -0.2) is 9.69 Å². The summed E-state index contributed by atoms with van der Waals surface area (Å²) in [6, 6.07) is 4.97. The Balaban J connectivity index is 0.00000300. The molecule has 3 rings (SSSR count). The van der Waals surface area contributed by atoms with Gasteiger partial charge in [0.05, 0.1) is 11.3 Å². The van der Waals surface area contributed by atoms with Crippen molar-refractivity contribution in [2.75, 3.05) is 18.4 Å². The van der Waals surface area contributed by atoms with E-state index in [0.29, 0.717) is 31.6 Å². The minimum atomic E-state index is -1.01. The van der Waals surface area contributed by atoms with Crippen LogP contribution in [0.3, 0.4) is 0 Å². The van der Waals surface area contributed by atoms with E-state index in [4.69, 9.17) is 5.73 Å². The standard InChI is InChI=1S/C19H25N5O4.ClH/c1-12(24-17(27)19(23-18(24)28)8-4-5-9-19)15(25)22-14-7-3-2-6-13(14)16(26)21-11-10-20;/h2-3,6-7,12H,4-5,8-11,20H2,1H3,(H,21,26)(H,22,25)(H,23,28);1H. The van der Waals surface area contributed by atoms with Gasteiger partial charge in [0.2, 0.25) is 5.91 Å². The molecule has 0 bridgehead atoms. The number of para-hydroxylation sites is 1. The number of hydrogen-bond donors (Lipinski definition) is 4. The number of halogens is 1. The third kappa shape index (κ3) is 4.35. The molecule has 1 aromatic carbocycles. The van der Waals surface area contributed by atoms with E-state index in [9.17, 15) is 19.2 Å². The van der Waals surface area contributed by atoms with E-state index in [-0.39, 0.29) is 29.8 Å². The lowest BCUT2D eigenvalue weighted by Crippen LogP contribution is -2.48. The van der Waals surface area contributed by atoms with Crippen molar-refractivity contribution in [1.82, 2.24) is 15.5 Å². The first-order chi connectivity index (χ1) is 13.4. The first kappa shape index (κ1) is 22.6. The predicted molar refractivity (Wildman–Crippen MR) is 110 cm³/mol. The zero-order chi connectivity index (χ0) is 20.3. The van der Waals surface area contributed by atoms with Crippen molar-refractivity contribution in [3.63, 3.8) is 0 Å². The molecule has 0 radical (unpaired) electrons. The van der Waals surface area contributed by atoms with E-state index in [1.165, 1.54) is 6.92 Å². The Morgan fingerprint density at radius 3 is 2.55 bits per heavy atom. The molecule has 10 heteroatoms. The Hall–Kier alpha value is -2.65. The van der Waals surface area contributed by atoms with E-state index in [2.05, 4.69) is 16.0 Å². The van der Waals surface area contributed by atoms with Crippen molar-refractivity contribution in [2.24, 2.45) is 5.73 Å². The second kappa shape index (κ2) is 9.23. The zero-order valence-corrected chi connectivity index (χ0v) is 17.0. The lowest BCUT2D eigenvalue weighted by molar-refractivity contribution is -0.136. The molecule has 2 aliphatic rings. The maximum Gasteiger partial charge on any atom is 0.325 e. The fourth-order valence-electron chi connectivity index (χ4n) is 3.74. The van der Waals surface area contributed by atoms with Crippen LogP contribution in [0.25, 0.3) is 0 Å². The molecule has 1 aliphatic heterocycles. The van der Waals surface area contributed by atoms with Crippen LogP contribution in [-0.4, -0.2) is 53.3 Å². The van der Waals surface area contributed by atoms with Crippen LogP contribution < -0.4 is 21.7 Å². The number of benzene rings is 1. The minimum absolute atomic E-state index is 0. The van der Waals surface area contributed by atoms with Gasteiger partial charge in [0, 0.05) is 13.1 Å². The number of nitrogens with one attached hydrogen (secondary N) is 3. The number of urea groups is 1. The largest absolute Gasteiger partial charge is 0.351 e. The number of hydrogen-bond acceptors (Lipinski definition) is 5. The lowest BCUT2D eigenvalue weighted by Gasteiger charge is -2.24. The third-order valence-corrected chi connectivity index (χ3v) is 5.28. The Morgan fingerprint density at radius 2 is 1.90 bits per heavy atom. The number of anilines is 1. The molecular formula is C19H26ClN5O4. The molecule has 2 fully saturated rings. The molecule has 1 saturated heterocycles. The summed E-state index contributed by atoms with van der Waals surface area (Å²) in [7, 11) is 0. The summed E-state index contributed by atoms with van der Waals surface area (Å²) in [5.41, 5.74) is 5.11. The van der Waals surface area contributed by atoms with Gasteiger partial charge in [0.25, 0.3) is 11.8 Å². The van der Waals surface area contributed by atoms with Crippen molar-refractivity contribution >= 4 is 41.8 Å². The molecule has 1 saturated carbocycles. The van der Waals surface area contributed by atoms with Crippen LogP contribution >= 0.6 is 12.4 Å². The van der Waals surface area contributed by atoms with Gasteiger partial charge in [-0.15, -0.1) is 12.4 Å². The summed E-state index contributed by atoms with van der Waals surface area (Å²) in [5, 5.41) is 8.07. The van der Waals surface area contributed by atoms with Crippen molar-refractivity contribution in [3.05, 3.63) is 29.8 Å². The maximum atomic E-state index is 12.8. The summed E-state index contributed by atoms with van der Waals surface area (Å²) < 4.78 is 0. The molecule has 0 aromatic heterocycles. The van der Waals surface area contributed by atoms with Crippen LogP contribution in [0.5, 0.6) is 0 Å². The maximum absolute atomic E-state index is 12.8. The number of carbonyl (C=O) groups is 4. The Kier molecular flexibility index (Phi) is 7.21. The molecule has 9 nitrogen and oxygen atoms in total. The predicted octanol–water partition coefficient (Wildman–Crippen LogP) is 0.989. The van der Waals surface area contributed by atoms with Crippen LogP contribution in [0, 0.1) is 0 Å². The molecule has 1 spiro atoms. The summed E-state index contributed by atoms with van der Waals surface area (Å²) in [6.45, 7) is 2.10. The van der Waals surface area contributed by atoms with Gasteiger partial charge < -0.3 is 21.7 Å². The molecule has 158 valence electrons. The first-order valence-electron chi connectivity index (χ1n) is 9.43. The molecule has 29 heavy (non-hydrogen) atoms. The van der Waals surface area contributed by atoms with Gasteiger partial charge in [0.1, 0.15) is 11.6 Å². The average Bonchev–Trinajstić information content (AvgIpc) is 3.24. The van der Waals surface area contributed by atoms with E-state index in [1.54, 1.807) is 24.3 Å². The second-order valence-electron chi connectivity index (χ2n) is 7.15. The highest BCUT2D eigenvalue weighted by Gasteiger charge is 2.54. The first-order valence-corrected chi connectivity index (χ1v) is 9.43. The number of nitrogens with two attached hydrogens (primary N) is 1. The Morgan fingerprint density at radius 1 is 1.24 bits per heavy atom. The zero-order valence-electron chi connectivity index (χ0n) is 16.2. The SMILES string of the molecule is CC(C(=O)Nc1ccccc1C(=O)NCCN)N1C(=O)NC2(CCCC2)C1=O.Cl. The third-order valence-electron chi connectivity index (χ3n) is 5.28. The summed E-state index contributed by atoms with van der Waals surface area (Å²) in [5.74, 6) is -1.27. The van der Waals surface area contributed by atoms with Crippen LogP contribution in [-0.2, 0) is 9.59 Å². The van der Waals surface area contributed by atoms with Gasteiger partial charge in [-0.2, -0.15) is 0 Å². The molecule has 1 atom stereocenters. The number of imide groups is 1. The minimum Gasteiger partial charge on any atom is -0.351 e. The van der Waals surface area contributed by atoms with Gasteiger partial charge in [-0.05, 0) is 31.9 Å². The molecule has 1 aliphatic carbocycles. The highest BCUT2D eigenvalue weighted by atomic mass is 35.5. The highest BCUT2D eigenvalue weighted by Crippen LogP contribution is 2.35. The van der Waals surface area contributed by atoms with E-state index < -0.39 is 23.5 Å². The molecule has 5 amide bonds. The smallest absolute Gasteiger partial charge is 0.325 e. The summed E-state index contributed by atoms with van der Waals surface area (Å²) in [6.07, 6.45) is 2.91. The summed E-state index contributed by atoms with van der Waals surface area (Å²) in [4.78, 5) is 51.2. The Labute approximate surface area is 175 Å². The van der Waals surface area contributed by atoms with Crippen LogP contribution in [0.15, 0.2) is 24.3 Å². The van der Waals surface area contributed by atoms with Gasteiger partial charge >= 0.3 is 6.03 Å². The second-order valence-corrected chi connectivity index (χ2v) is 7.15. The fraction of sp³-hybridized carbons (Fsp3) is 0.474. The van der Waals surface area contributed by atoms with Gasteiger partial charge in [-0.3, -0.25) is 14.4 Å². The Bertz CT molecular complexity index is 810. The molecule has 1 heterocycles. The van der Waals surface area contributed by atoms with E-state index >= 15 is 0 Å². The monoisotopic (exact) mass is 423 g/mol. The van der Waals surface area contributed by atoms with Crippen molar-refractivity contribution in [3.8, 4) is 0 Å². The van der Waals surface area contributed by atoms with Crippen LogP contribution in [0.4, 0.5) is 10.5 Å². The molecular weight excluding hydrogens is 398 g/mol. The normalized spacial score (nSPS) is 18.2. The van der Waals surface area contributed by atoms with Crippen LogP contribution in [0.2, 0.25) is 0 Å². The van der Waals surface area contributed by atoms with Gasteiger partial charge in [-0.1, -0.05) is 25.0 Å². The van der Waals surface area contributed by atoms with Crippen LogP contribution in [0.1, 0.15) is 43.0 Å². The highest BCUT2D eigenvalue weighted by molar-refractivity contribution is 6.12. The number of rotatable bonds is 6. The quantitative estimate of drug-likeness (QED) is 0.506. The number of nitrogens with zero attached hydrogens (tertiary/aromatic N) is 1. The lowest BCUT2D eigenvalue weighted by atomic mass is 9.97. The molecule has 5 N–H and O–H groups in total. The number of carbonyl (C=O) groups excluding carboxylic acids is 4. The fourth-order valence-corrected chi connectivity index (χ4v) is 3.74. The van der Waals surface area contributed by atoms with E-state index in [1.807, 2.05) is 0 Å². The molecule has 1 aromatic rings. The van der Waals surface area contributed by atoms with Crippen molar-refractivity contribution in [2.45, 2.75) is 44.2 Å². The molecule has 1 unspecified atom stereocenters. The summed E-state index contributed by atoms with van der Waals surface area (Å²) >= 11 is 0. The number of amides is 5. The van der Waals surface area contributed by atoms with Gasteiger partial charge in [0.15, 0.2) is 0 Å². The van der Waals surface area contributed by atoms with E-state index in [0.717, 1.165) is 17.7 Å². The van der Waals surface area contributed by atoms with Crippen molar-refractivity contribution in [1.29, 1.82) is 0 Å². The average molecular weight is 424 g/mol. The van der Waals surface area contributed by atoms with Crippen molar-refractivity contribution < 1.29 is 19.2 Å².